The molecule has 0 unspecified atom stereocenters. The summed E-state index contributed by atoms with van der Waals surface area (Å²) in [5, 5.41) is 5.97. The third kappa shape index (κ3) is 3.14. The smallest absolute Gasteiger partial charge is 0.252 e. The average molecular weight is 399 g/mol. The maximum atomic E-state index is 5.44. The molecule has 3 heterocycles. The van der Waals surface area contributed by atoms with Gasteiger partial charge >= 0.3 is 0 Å². The Morgan fingerprint density at radius 3 is 2.70 bits per heavy atom. The van der Waals surface area contributed by atoms with Crippen molar-refractivity contribution >= 4 is 16.7 Å². The van der Waals surface area contributed by atoms with E-state index in [2.05, 4.69) is 39.3 Å². The van der Waals surface area contributed by atoms with Gasteiger partial charge in [0.25, 0.3) is 5.78 Å². The first-order valence-corrected chi connectivity index (χ1v) is 9.75. The molecule has 0 bridgehead atoms. The van der Waals surface area contributed by atoms with Crippen molar-refractivity contribution in [3.05, 3.63) is 72.3 Å². The Hall–Kier alpha value is -3.87. The fourth-order valence-electron chi connectivity index (χ4n) is 3.74. The van der Waals surface area contributed by atoms with Crippen LogP contribution in [0, 0.1) is 0 Å². The number of aromatic nitrogens is 5. The van der Waals surface area contributed by atoms with Gasteiger partial charge in [0.2, 0.25) is 0 Å². The maximum Gasteiger partial charge on any atom is 0.252 e. The Morgan fingerprint density at radius 2 is 1.83 bits per heavy atom. The highest BCUT2D eigenvalue weighted by Gasteiger charge is 2.13. The molecule has 0 aliphatic rings. The summed E-state index contributed by atoms with van der Waals surface area (Å²) < 4.78 is 12.6. The lowest BCUT2D eigenvalue weighted by Gasteiger charge is -2.10. The fraction of sp³-hybridized carbons (Fsp3) is 0.174. The van der Waals surface area contributed by atoms with E-state index in [1.165, 1.54) is 10.9 Å². The normalized spacial score (nSPS) is 11.3. The average Bonchev–Trinajstić information content (AvgIpc) is 3.40. The van der Waals surface area contributed by atoms with Crippen LogP contribution in [-0.2, 0) is 12.8 Å². The largest absolute Gasteiger partial charge is 0.493 e. The van der Waals surface area contributed by atoms with E-state index >= 15 is 0 Å². The molecule has 7 heteroatoms. The van der Waals surface area contributed by atoms with Crippen molar-refractivity contribution in [1.82, 2.24) is 24.6 Å². The van der Waals surface area contributed by atoms with Crippen LogP contribution in [0.4, 0.5) is 0 Å². The summed E-state index contributed by atoms with van der Waals surface area (Å²) in [7, 11) is 3.25. The molecule has 1 N–H and O–H groups in total. The van der Waals surface area contributed by atoms with E-state index in [1.54, 1.807) is 24.9 Å². The van der Waals surface area contributed by atoms with Gasteiger partial charge in [-0.1, -0.05) is 18.2 Å². The first-order chi connectivity index (χ1) is 14.8. The van der Waals surface area contributed by atoms with E-state index in [0.29, 0.717) is 17.3 Å². The second kappa shape index (κ2) is 7.51. The zero-order valence-electron chi connectivity index (χ0n) is 16.8. The van der Waals surface area contributed by atoms with E-state index < -0.39 is 0 Å². The molecule has 30 heavy (non-hydrogen) atoms. The van der Waals surface area contributed by atoms with Gasteiger partial charge in [0.1, 0.15) is 0 Å². The van der Waals surface area contributed by atoms with Gasteiger partial charge in [-0.3, -0.25) is 0 Å². The third-order valence-electron chi connectivity index (χ3n) is 5.26. The molecule has 7 nitrogen and oxygen atoms in total. The topological polar surface area (TPSA) is 77.3 Å². The molecule has 2 aromatic carbocycles. The van der Waals surface area contributed by atoms with Gasteiger partial charge in [-0.05, 0) is 42.3 Å². The first-order valence-electron chi connectivity index (χ1n) is 9.75. The van der Waals surface area contributed by atoms with Crippen molar-refractivity contribution < 1.29 is 9.47 Å². The monoisotopic (exact) mass is 399 g/mol. The number of ether oxygens (including phenoxy) is 2. The number of hydrogen-bond acceptors (Lipinski definition) is 5. The van der Waals surface area contributed by atoms with E-state index in [9.17, 15) is 0 Å². The molecule has 0 atom stereocenters. The Morgan fingerprint density at radius 1 is 0.967 bits per heavy atom. The number of aryl methyl sites for hydroxylation is 2. The highest BCUT2D eigenvalue weighted by molar-refractivity contribution is 5.83. The van der Waals surface area contributed by atoms with Gasteiger partial charge in [-0.25, -0.2) is 4.98 Å². The van der Waals surface area contributed by atoms with Crippen LogP contribution in [0.1, 0.15) is 11.4 Å². The molecule has 0 amide bonds. The third-order valence-corrected chi connectivity index (χ3v) is 5.26. The molecule has 0 saturated heterocycles. The number of aromatic amines is 1. The summed E-state index contributed by atoms with van der Waals surface area (Å²) in [5.41, 5.74) is 4.25. The molecule has 0 fully saturated rings. The van der Waals surface area contributed by atoms with Gasteiger partial charge in [0.15, 0.2) is 17.3 Å². The molecular formula is C23H21N5O2. The van der Waals surface area contributed by atoms with Gasteiger partial charge in [0, 0.05) is 35.3 Å². The SMILES string of the molecule is COc1ccc(-c2ccnc3nc(CCc4c[nH]c5ccccc45)nn23)cc1OC. The number of fused-ring (bicyclic) bond motifs is 2. The molecule has 5 rings (SSSR count). The van der Waals surface area contributed by atoms with Crippen molar-refractivity contribution in [3.8, 4) is 22.8 Å². The van der Waals surface area contributed by atoms with Crippen LogP contribution >= 0.6 is 0 Å². The summed E-state index contributed by atoms with van der Waals surface area (Å²) >= 11 is 0. The van der Waals surface area contributed by atoms with Crippen LogP contribution in [0.15, 0.2) is 60.9 Å². The van der Waals surface area contributed by atoms with Crippen LogP contribution in [0.3, 0.4) is 0 Å². The molecule has 0 radical (unpaired) electrons. The molecule has 0 saturated carbocycles. The van der Waals surface area contributed by atoms with Crippen molar-refractivity contribution in [1.29, 1.82) is 0 Å². The lowest BCUT2D eigenvalue weighted by atomic mass is 10.1. The molecule has 5 aromatic rings. The number of para-hydroxylation sites is 1. The quantitative estimate of drug-likeness (QED) is 0.466. The van der Waals surface area contributed by atoms with Crippen LogP contribution in [0.5, 0.6) is 11.5 Å². The van der Waals surface area contributed by atoms with Gasteiger partial charge in [-0.2, -0.15) is 9.50 Å². The summed E-state index contributed by atoms with van der Waals surface area (Å²) in [5.74, 6) is 2.70. The number of hydrogen-bond donors (Lipinski definition) is 1. The minimum atomic E-state index is 0.580. The van der Waals surface area contributed by atoms with Gasteiger partial charge in [0.05, 0.1) is 19.9 Å². The molecular weight excluding hydrogens is 378 g/mol. The highest BCUT2D eigenvalue weighted by Crippen LogP contribution is 2.32. The second-order valence-electron chi connectivity index (χ2n) is 7.00. The lowest BCUT2D eigenvalue weighted by Crippen LogP contribution is -1.98. The molecule has 3 aromatic heterocycles. The van der Waals surface area contributed by atoms with Crippen LogP contribution in [-0.4, -0.2) is 38.8 Å². The van der Waals surface area contributed by atoms with E-state index in [4.69, 9.17) is 14.6 Å². The van der Waals surface area contributed by atoms with Crippen LogP contribution < -0.4 is 9.47 Å². The van der Waals surface area contributed by atoms with Crippen molar-refractivity contribution in [3.63, 3.8) is 0 Å². The zero-order chi connectivity index (χ0) is 20.5. The number of methoxy groups -OCH3 is 2. The number of nitrogens with one attached hydrogen (secondary N) is 1. The molecule has 0 spiro atoms. The minimum absolute atomic E-state index is 0.580. The Labute approximate surface area is 173 Å². The fourth-order valence-corrected chi connectivity index (χ4v) is 3.74. The van der Waals surface area contributed by atoms with Crippen molar-refractivity contribution in [2.45, 2.75) is 12.8 Å². The Balaban J connectivity index is 1.46. The summed E-state index contributed by atoms with van der Waals surface area (Å²) in [6.07, 6.45) is 5.40. The van der Waals surface area contributed by atoms with Crippen molar-refractivity contribution in [2.75, 3.05) is 14.2 Å². The number of nitrogens with zero attached hydrogens (tertiary/aromatic N) is 4. The first kappa shape index (κ1) is 18.2. The Kier molecular flexibility index (Phi) is 4.55. The zero-order valence-corrected chi connectivity index (χ0v) is 16.8. The maximum absolute atomic E-state index is 5.44. The van der Waals surface area contributed by atoms with E-state index in [1.807, 2.05) is 30.3 Å². The van der Waals surface area contributed by atoms with Gasteiger partial charge in [-0.15, -0.1) is 5.10 Å². The minimum Gasteiger partial charge on any atom is -0.493 e. The molecule has 0 aliphatic heterocycles. The van der Waals surface area contributed by atoms with Crippen molar-refractivity contribution in [2.24, 2.45) is 0 Å². The molecule has 0 aliphatic carbocycles. The number of benzene rings is 2. The number of rotatable bonds is 6. The summed E-state index contributed by atoms with van der Waals surface area (Å²) in [6.45, 7) is 0. The number of H-pyrrole nitrogens is 1. The van der Waals surface area contributed by atoms with Crippen LogP contribution in [0.25, 0.3) is 27.9 Å². The molecule has 150 valence electrons. The van der Waals surface area contributed by atoms with Gasteiger partial charge < -0.3 is 14.5 Å². The lowest BCUT2D eigenvalue weighted by molar-refractivity contribution is 0.355. The summed E-state index contributed by atoms with van der Waals surface area (Å²) in [4.78, 5) is 12.3. The van der Waals surface area contributed by atoms with E-state index in [-0.39, 0.29) is 0 Å². The Bertz CT molecular complexity index is 1340. The van der Waals surface area contributed by atoms with E-state index in [0.717, 1.165) is 35.4 Å². The standard InChI is InChI=1S/C23H21N5O2/c1-29-20-9-7-15(13-21(20)30-2)19-11-12-24-23-26-22(27-28(19)23)10-8-16-14-25-18-6-4-3-5-17(16)18/h3-7,9,11-14,25H,8,10H2,1-2H3. The predicted octanol–water partition coefficient (Wildman–Crippen LogP) is 4.08. The summed E-state index contributed by atoms with van der Waals surface area (Å²) in [6, 6.07) is 16.0. The second-order valence-corrected chi connectivity index (χ2v) is 7.00. The predicted molar refractivity (Wildman–Crippen MR) is 115 cm³/mol. The highest BCUT2D eigenvalue weighted by atomic mass is 16.5. The van der Waals surface area contributed by atoms with Crippen LogP contribution in [0.2, 0.25) is 0 Å².